The topological polar surface area (TPSA) is 35.2 Å². The monoisotopic (exact) mass is 225 g/mol. The van der Waals surface area contributed by atoms with E-state index in [1.807, 2.05) is 6.92 Å². The summed E-state index contributed by atoms with van der Waals surface area (Å²) in [6.45, 7) is 4.78. The fourth-order valence-corrected chi connectivity index (χ4v) is 1.63. The van der Waals surface area contributed by atoms with E-state index in [2.05, 4.69) is 31.4 Å². The minimum atomic E-state index is 0.0230. The van der Waals surface area contributed by atoms with Gasteiger partial charge < -0.3 is 10.5 Å². The molecule has 0 aromatic heterocycles. The SMILES string of the molecule is CSCCOc1cc(C)ccc1[C@@H](C)N. The second-order valence-electron chi connectivity index (χ2n) is 3.67. The lowest BCUT2D eigenvalue weighted by Crippen LogP contribution is -2.09. The molecule has 2 nitrogen and oxygen atoms in total. The standard InChI is InChI=1S/C12H19NOS/c1-9-4-5-11(10(2)13)12(8-9)14-6-7-15-3/h4-5,8,10H,6-7,13H2,1-3H3/t10-/m1/s1. The summed E-state index contributed by atoms with van der Waals surface area (Å²) in [6.07, 6.45) is 2.08. The summed E-state index contributed by atoms with van der Waals surface area (Å²) in [5.74, 6) is 1.94. The fraction of sp³-hybridized carbons (Fsp3) is 0.500. The second-order valence-corrected chi connectivity index (χ2v) is 4.66. The second kappa shape index (κ2) is 6.03. The van der Waals surface area contributed by atoms with Gasteiger partial charge >= 0.3 is 0 Å². The molecule has 0 aliphatic carbocycles. The summed E-state index contributed by atoms with van der Waals surface area (Å²) in [7, 11) is 0. The van der Waals surface area contributed by atoms with Crippen molar-refractivity contribution in [3.05, 3.63) is 29.3 Å². The Hall–Kier alpha value is -0.670. The Balaban J connectivity index is 2.77. The van der Waals surface area contributed by atoms with Crippen molar-refractivity contribution in [1.29, 1.82) is 0 Å². The third kappa shape index (κ3) is 3.76. The van der Waals surface area contributed by atoms with Gasteiger partial charge in [0.25, 0.3) is 0 Å². The van der Waals surface area contributed by atoms with Crippen molar-refractivity contribution < 1.29 is 4.74 Å². The number of rotatable bonds is 5. The fourth-order valence-electron chi connectivity index (χ4n) is 1.38. The van der Waals surface area contributed by atoms with E-state index in [1.54, 1.807) is 11.8 Å². The van der Waals surface area contributed by atoms with Gasteiger partial charge in [-0.2, -0.15) is 11.8 Å². The van der Waals surface area contributed by atoms with Crippen LogP contribution >= 0.6 is 11.8 Å². The minimum absolute atomic E-state index is 0.0230. The summed E-state index contributed by atoms with van der Waals surface area (Å²) in [5.41, 5.74) is 8.18. The van der Waals surface area contributed by atoms with Crippen molar-refractivity contribution >= 4 is 11.8 Å². The number of aryl methyl sites for hydroxylation is 1. The molecule has 0 heterocycles. The first-order chi connectivity index (χ1) is 7.15. The van der Waals surface area contributed by atoms with Crippen molar-refractivity contribution in [3.8, 4) is 5.75 Å². The highest BCUT2D eigenvalue weighted by Gasteiger charge is 2.07. The molecule has 1 rings (SSSR count). The Morgan fingerprint density at radius 3 is 2.80 bits per heavy atom. The molecule has 3 heteroatoms. The third-order valence-electron chi connectivity index (χ3n) is 2.20. The molecule has 0 saturated carbocycles. The Bertz CT molecular complexity index is 312. The van der Waals surface area contributed by atoms with Crippen molar-refractivity contribution in [2.24, 2.45) is 5.73 Å². The van der Waals surface area contributed by atoms with E-state index >= 15 is 0 Å². The number of ether oxygens (including phenoxy) is 1. The average Bonchev–Trinajstić information content (AvgIpc) is 2.18. The van der Waals surface area contributed by atoms with Gasteiger partial charge in [-0.05, 0) is 31.7 Å². The van der Waals surface area contributed by atoms with Crippen LogP contribution in [0.4, 0.5) is 0 Å². The quantitative estimate of drug-likeness (QED) is 0.783. The van der Waals surface area contributed by atoms with Crippen LogP contribution in [0.3, 0.4) is 0 Å². The first kappa shape index (κ1) is 12.4. The number of hydrogen-bond acceptors (Lipinski definition) is 3. The molecule has 0 unspecified atom stereocenters. The highest BCUT2D eigenvalue weighted by atomic mass is 32.2. The summed E-state index contributed by atoms with van der Waals surface area (Å²) in [5, 5.41) is 0. The number of nitrogens with two attached hydrogens (primary N) is 1. The Labute approximate surface area is 96.2 Å². The van der Waals surface area contributed by atoms with E-state index < -0.39 is 0 Å². The summed E-state index contributed by atoms with van der Waals surface area (Å²) in [6, 6.07) is 6.20. The maximum Gasteiger partial charge on any atom is 0.124 e. The summed E-state index contributed by atoms with van der Waals surface area (Å²) >= 11 is 1.78. The largest absolute Gasteiger partial charge is 0.492 e. The smallest absolute Gasteiger partial charge is 0.124 e. The van der Waals surface area contributed by atoms with Gasteiger partial charge in [-0.1, -0.05) is 12.1 Å². The van der Waals surface area contributed by atoms with Gasteiger partial charge in [0, 0.05) is 17.4 Å². The van der Waals surface area contributed by atoms with Crippen LogP contribution in [-0.4, -0.2) is 18.6 Å². The Morgan fingerprint density at radius 2 is 2.20 bits per heavy atom. The van der Waals surface area contributed by atoms with Crippen LogP contribution in [0, 0.1) is 6.92 Å². The number of thioether (sulfide) groups is 1. The molecule has 84 valence electrons. The van der Waals surface area contributed by atoms with Crippen LogP contribution < -0.4 is 10.5 Å². The first-order valence-corrected chi connectivity index (χ1v) is 6.52. The molecule has 1 aromatic rings. The third-order valence-corrected chi connectivity index (χ3v) is 2.78. The Kier molecular flexibility index (Phi) is 4.99. The van der Waals surface area contributed by atoms with Crippen molar-refractivity contribution in [1.82, 2.24) is 0 Å². The van der Waals surface area contributed by atoms with E-state index in [0.29, 0.717) is 0 Å². The molecular weight excluding hydrogens is 206 g/mol. The van der Waals surface area contributed by atoms with E-state index in [4.69, 9.17) is 10.5 Å². The van der Waals surface area contributed by atoms with Crippen LogP contribution in [0.1, 0.15) is 24.1 Å². The van der Waals surface area contributed by atoms with E-state index in [-0.39, 0.29) is 6.04 Å². The van der Waals surface area contributed by atoms with Crippen LogP contribution in [0.2, 0.25) is 0 Å². The maximum absolute atomic E-state index is 5.88. The zero-order chi connectivity index (χ0) is 11.3. The summed E-state index contributed by atoms with van der Waals surface area (Å²) in [4.78, 5) is 0. The van der Waals surface area contributed by atoms with Gasteiger partial charge in [-0.15, -0.1) is 0 Å². The molecule has 15 heavy (non-hydrogen) atoms. The van der Waals surface area contributed by atoms with Gasteiger partial charge in [-0.25, -0.2) is 0 Å². The molecule has 2 N–H and O–H groups in total. The van der Waals surface area contributed by atoms with Crippen molar-refractivity contribution in [3.63, 3.8) is 0 Å². The predicted molar refractivity (Wildman–Crippen MR) is 67.7 cm³/mol. The molecule has 0 fully saturated rings. The Morgan fingerprint density at radius 1 is 1.47 bits per heavy atom. The van der Waals surface area contributed by atoms with Gasteiger partial charge in [0.15, 0.2) is 0 Å². The van der Waals surface area contributed by atoms with E-state index in [0.717, 1.165) is 23.7 Å². The minimum Gasteiger partial charge on any atom is -0.492 e. The highest BCUT2D eigenvalue weighted by molar-refractivity contribution is 7.98. The molecule has 0 amide bonds. The average molecular weight is 225 g/mol. The number of hydrogen-bond donors (Lipinski definition) is 1. The molecule has 1 atom stereocenters. The first-order valence-electron chi connectivity index (χ1n) is 5.13. The van der Waals surface area contributed by atoms with E-state index in [1.165, 1.54) is 5.56 Å². The van der Waals surface area contributed by atoms with Crippen LogP contribution in [0.15, 0.2) is 18.2 Å². The predicted octanol–water partition coefficient (Wildman–Crippen LogP) is 2.76. The van der Waals surface area contributed by atoms with Gasteiger partial charge in [0.1, 0.15) is 5.75 Å². The lowest BCUT2D eigenvalue weighted by Gasteiger charge is -2.14. The lowest BCUT2D eigenvalue weighted by molar-refractivity contribution is 0.338. The zero-order valence-corrected chi connectivity index (χ0v) is 10.4. The van der Waals surface area contributed by atoms with Gasteiger partial charge in [0.05, 0.1) is 6.61 Å². The van der Waals surface area contributed by atoms with Crippen molar-refractivity contribution in [2.75, 3.05) is 18.6 Å². The molecule has 0 spiro atoms. The van der Waals surface area contributed by atoms with Gasteiger partial charge in [0.2, 0.25) is 0 Å². The van der Waals surface area contributed by atoms with E-state index in [9.17, 15) is 0 Å². The van der Waals surface area contributed by atoms with Crippen LogP contribution in [-0.2, 0) is 0 Å². The highest BCUT2D eigenvalue weighted by Crippen LogP contribution is 2.25. The molecular formula is C12H19NOS. The molecule has 0 bridgehead atoms. The number of benzene rings is 1. The molecule has 0 radical (unpaired) electrons. The molecule has 0 saturated heterocycles. The molecule has 1 aromatic carbocycles. The maximum atomic E-state index is 5.88. The zero-order valence-electron chi connectivity index (χ0n) is 9.62. The normalized spacial score (nSPS) is 12.5. The van der Waals surface area contributed by atoms with Gasteiger partial charge in [-0.3, -0.25) is 0 Å². The lowest BCUT2D eigenvalue weighted by atomic mass is 10.1. The summed E-state index contributed by atoms with van der Waals surface area (Å²) < 4.78 is 5.72. The van der Waals surface area contributed by atoms with Crippen LogP contribution in [0.25, 0.3) is 0 Å². The molecule has 0 aliphatic heterocycles. The molecule has 0 aliphatic rings. The van der Waals surface area contributed by atoms with Crippen molar-refractivity contribution in [2.45, 2.75) is 19.9 Å². The van der Waals surface area contributed by atoms with Crippen LogP contribution in [0.5, 0.6) is 5.75 Å².